The number of hydrogen-bond donors (Lipinski definition) is 2. The van der Waals surface area contributed by atoms with Crippen molar-refractivity contribution in [2.24, 2.45) is 5.73 Å². The summed E-state index contributed by atoms with van der Waals surface area (Å²) in [4.78, 5) is 3.97. The smallest absolute Gasteiger partial charge is 0.243 e. The second-order valence-electron chi connectivity index (χ2n) is 4.92. The van der Waals surface area contributed by atoms with Gasteiger partial charge < -0.3 is 10.8 Å². The van der Waals surface area contributed by atoms with E-state index >= 15 is 0 Å². The Morgan fingerprint density at radius 1 is 1.35 bits per heavy atom. The number of nitrogens with zero attached hydrogens (tertiary/aromatic N) is 2. The molecule has 1 atom stereocenters. The van der Waals surface area contributed by atoms with Crippen LogP contribution in [0.4, 0.5) is 0 Å². The molecule has 6 nitrogen and oxygen atoms in total. The maximum Gasteiger partial charge on any atom is 0.243 e. The molecule has 1 aromatic heterocycles. The minimum atomic E-state index is -3.66. The predicted octanol–water partition coefficient (Wildman–Crippen LogP) is 0.662. The minimum Gasteiger partial charge on any atom is -0.506 e. The lowest BCUT2D eigenvalue weighted by molar-refractivity contribution is 0.468. The summed E-state index contributed by atoms with van der Waals surface area (Å²) in [5.41, 5.74) is 5.78. The van der Waals surface area contributed by atoms with E-state index in [4.69, 9.17) is 5.73 Å². The zero-order chi connectivity index (χ0) is 14.3. The summed E-state index contributed by atoms with van der Waals surface area (Å²) < 4.78 is 26.7. The van der Waals surface area contributed by atoms with Crippen LogP contribution in [0.1, 0.15) is 6.42 Å². The molecule has 0 spiro atoms. The van der Waals surface area contributed by atoms with Crippen molar-refractivity contribution >= 4 is 20.8 Å². The average molecular weight is 293 g/mol. The zero-order valence-electron chi connectivity index (χ0n) is 10.7. The fraction of sp³-hybridized carbons (Fsp3) is 0.308. The first-order valence-electron chi connectivity index (χ1n) is 6.31. The Balaban J connectivity index is 2.19. The van der Waals surface area contributed by atoms with E-state index in [1.165, 1.54) is 22.8 Å². The zero-order valence-corrected chi connectivity index (χ0v) is 11.5. The summed E-state index contributed by atoms with van der Waals surface area (Å²) in [6.45, 7) is 0.719. The molecular weight excluding hydrogens is 278 g/mol. The Labute approximate surface area is 116 Å². The highest BCUT2D eigenvalue weighted by molar-refractivity contribution is 7.89. The Hall–Kier alpha value is -1.70. The number of benzene rings is 1. The van der Waals surface area contributed by atoms with Crippen molar-refractivity contribution in [2.75, 3.05) is 13.1 Å². The van der Waals surface area contributed by atoms with E-state index in [9.17, 15) is 13.5 Å². The Morgan fingerprint density at radius 2 is 2.15 bits per heavy atom. The lowest BCUT2D eigenvalue weighted by Gasteiger charge is -2.17. The maximum atomic E-state index is 12.7. The van der Waals surface area contributed by atoms with E-state index in [1.807, 2.05) is 0 Å². The van der Waals surface area contributed by atoms with Crippen molar-refractivity contribution in [1.29, 1.82) is 0 Å². The van der Waals surface area contributed by atoms with Crippen molar-refractivity contribution in [3.8, 4) is 5.75 Å². The van der Waals surface area contributed by atoms with Crippen LogP contribution in [0.5, 0.6) is 5.75 Å². The molecule has 1 aliphatic heterocycles. The number of aromatic nitrogens is 1. The first-order valence-corrected chi connectivity index (χ1v) is 7.75. The van der Waals surface area contributed by atoms with Crippen LogP contribution in [-0.4, -0.2) is 41.9 Å². The van der Waals surface area contributed by atoms with Crippen molar-refractivity contribution < 1.29 is 13.5 Å². The van der Waals surface area contributed by atoms with Crippen LogP contribution >= 0.6 is 0 Å². The third kappa shape index (κ3) is 2.04. The Bertz CT molecular complexity index is 755. The first kappa shape index (κ1) is 13.3. The van der Waals surface area contributed by atoms with Gasteiger partial charge in [-0.3, -0.25) is 4.98 Å². The normalized spacial score (nSPS) is 20.6. The fourth-order valence-corrected chi connectivity index (χ4v) is 4.25. The van der Waals surface area contributed by atoms with E-state index in [0.717, 1.165) is 0 Å². The van der Waals surface area contributed by atoms with Crippen LogP contribution < -0.4 is 5.73 Å². The molecular formula is C13H15N3O3S. The predicted molar refractivity (Wildman–Crippen MR) is 74.8 cm³/mol. The number of nitrogens with two attached hydrogens (primary N) is 1. The molecule has 0 unspecified atom stereocenters. The van der Waals surface area contributed by atoms with Gasteiger partial charge in [0.2, 0.25) is 10.0 Å². The van der Waals surface area contributed by atoms with Crippen molar-refractivity contribution in [3.63, 3.8) is 0 Å². The molecule has 0 saturated carbocycles. The standard InChI is InChI=1S/C13H15N3O3S/c14-10-4-5-16(8-10)20(18,19)12-3-1-2-9-6-15-7-11(17)13(9)12/h1-3,6-7,10,17H,4-5,8,14H2/t10-/m0/s1. The second-order valence-corrected chi connectivity index (χ2v) is 6.83. The van der Waals surface area contributed by atoms with E-state index < -0.39 is 10.0 Å². The molecule has 1 aliphatic rings. The van der Waals surface area contributed by atoms with Gasteiger partial charge in [0.1, 0.15) is 5.75 Å². The van der Waals surface area contributed by atoms with Crippen molar-refractivity contribution in [3.05, 3.63) is 30.6 Å². The lowest BCUT2D eigenvalue weighted by Crippen LogP contribution is -2.32. The minimum absolute atomic E-state index is 0.101. The average Bonchev–Trinajstić information content (AvgIpc) is 2.86. The van der Waals surface area contributed by atoms with Gasteiger partial charge in [0, 0.05) is 36.1 Å². The topological polar surface area (TPSA) is 96.5 Å². The summed E-state index contributed by atoms with van der Waals surface area (Å²) >= 11 is 0. The van der Waals surface area contributed by atoms with Gasteiger partial charge in [-0.2, -0.15) is 4.31 Å². The SMILES string of the molecule is N[C@H]1CCN(S(=O)(=O)c2cccc3cncc(O)c23)C1. The number of hydrogen-bond acceptors (Lipinski definition) is 5. The Morgan fingerprint density at radius 3 is 2.85 bits per heavy atom. The molecule has 20 heavy (non-hydrogen) atoms. The molecule has 106 valence electrons. The van der Waals surface area contributed by atoms with Crippen molar-refractivity contribution in [2.45, 2.75) is 17.4 Å². The third-order valence-electron chi connectivity index (χ3n) is 3.53. The highest BCUT2D eigenvalue weighted by atomic mass is 32.2. The van der Waals surface area contributed by atoms with Crippen molar-refractivity contribution in [1.82, 2.24) is 9.29 Å². The van der Waals surface area contributed by atoms with Crippen LogP contribution in [0.2, 0.25) is 0 Å². The van der Waals surface area contributed by atoms with Crippen LogP contribution in [0.3, 0.4) is 0 Å². The van der Waals surface area contributed by atoms with E-state index in [1.54, 1.807) is 12.1 Å². The largest absolute Gasteiger partial charge is 0.506 e. The molecule has 0 aliphatic carbocycles. The molecule has 2 aromatic rings. The molecule has 3 N–H and O–H groups in total. The first-order chi connectivity index (χ1) is 9.50. The van der Waals surface area contributed by atoms with E-state index in [-0.39, 0.29) is 16.7 Å². The summed E-state index contributed by atoms with van der Waals surface area (Å²) in [6.07, 6.45) is 3.43. The van der Waals surface area contributed by atoms with Gasteiger partial charge in [0.05, 0.1) is 11.1 Å². The molecule has 0 amide bonds. The lowest BCUT2D eigenvalue weighted by atomic mass is 10.2. The number of aromatic hydroxyl groups is 1. The Kier molecular flexibility index (Phi) is 3.12. The number of sulfonamides is 1. The van der Waals surface area contributed by atoms with Gasteiger partial charge in [-0.1, -0.05) is 12.1 Å². The van der Waals surface area contributed by atoms with E-state index in [2.05, 4.69) is 4.98 Å². The number of fused-ring (bicyclic) bond motifs is 1. The molecule has 3 rings (SSSR count). The van der Waals surface area contributed by atoms with Crippen LogP contribution in [0, 0.1) is 0 Å². The van der Waals surface area contributed by atoms with Gasteiger partial charge in [-0.05, 0) is 12.5 Å². The van der Waals surface area contributed by atoms with Gasteiger partial charge in [0.25, 0.3) is 0 Å². The molecule has 2 heterocycles. The highest BCUT2D eigenvalue weighted by Crippen LogP contribution is 2.32. The molecule has 0 radical (unpaired) electrons. The summed E-state index contributed by atoms with van der Waals surface area (Å²) in [5, 5.41) is 10.8. The van der Waals surface area contributed by atoms with E-state index in [0.29, 0.717) is 30.3 Å². The quantitative estimate of drug-likeness (QED) is 0.848. The maximum absolute atomic E-state index is 12.7. The summed E-state index contributed by atoms with van der Waals surface area (Å²) in [7, 11) is -3.66. The summed E-state index contributed by atoms with van der Waals surface area (Å²) in [5.74, 6) is -0.134. The molecule has 7 heteroatoms. The molecule has 0 bridgehead atoms. The van der Waals surface area contributed by atoms with Gasteiger partial charge in [-0.15, -0.1) is 0 Å². The van der Waals surface area contributed by atoms with Crippen LogP contribution in [0.15, 0.2) is 35.5 Å². The molecule has 1 saturated heterocycles. The monoisotopic (exact) mass is 293 g/mol. The fourth-order valence-electron chi connectivity index (χ4n) is 2.51. The summed E-state index contributed by atoms with van der Waals surface area (Å²) in [6, 6.07) is 4.74. The van der Waals surface area contributed by atoms with Crippen LogP contribution in [-0.2, 0) is 10.0 Å². The highest BCUT2D eigenvalue weighted by Gasteiger charge is 2.32. The van der Waals surface area contributed by atoms with Gasteiger partial charge in [0.15, 0.2) is 0 Å². The van der Waals surface area contributed by atoms with Gasteiger partial charge in [-0.25, -0.2) is 8.42 Å². The van der Waals surface area contributed by atoms with Crippen LogP contribution in [0.25, 0.3) is 10.8 Å². The third-order valence-corrected chi connectivity index (χ3v) is 5.44. The number of rotatable bonds is 2. The molecule has 1 fully saturated rings. The second kappa shape index (κ2) is 4.69. The molecule has 1 aromatic carbocycles. The number of pyridine rings is 1. The van der Waals surface area contributed by atoms with Gasteiger partial charge >= 0.3 is 0 Å².